The lowest BCUT2D eigenvalue weighted by molar-refractivity contribution is -0.137. The maximum atomic E-state index is 12.6. The predicted molar refractivity (Wildman–Crippen MR) is 107 cm³/mol. The maximum Gasteiger partial charge on any atom is 0.225 e. The highest BCUT2D eigenvalue weighted by molar-refractivity contribution is 5.81. The third kappa shape index (κ3) is 4.76. The summed E-state index contributed by atoms with van der Waals surface area (Å²) in [6.07, 6.45) is 2.62. The fourth-order valence-corrected chi connectivity index (χ4v) is 3.78. The van der Waals surface area contributed by atoms with Crippen molar-refractivity contribution in [3.05, 3.63) is 71.3 Å². The lowest BCUT2D eigenvalue weighted by atomic mass is 9.88. The van der Waals surface area contributed by atoms with Gasteiger partial charge in [0.2, 0.25) is 11.8 Å². The molecule has 0 saturated carbocycles. The summed E-state index contributed by atoms with van der Waals surface area (Å²) >= 11 is 0. The summed E-state index contributed by atoms with van der Waals surface area (Å²) in [6.45, 7) is 4.74. The second kappa shape index (κ2) is 8.85. The number of amides is 2. The van der Waals surface area contributed by atoms with Crippen LogP contribution in [-0.4, -0.2) is 23.3 Å². The van der Waals surface area contributed by atoms with Crippen molar-refractivity contribution in [2.24, 2.45) is 5.92 Å². The summed E-state index contributed by atoms with van der Waals surface area (Å²) in [6, 6.07) is 18.5. The second-order valence-corrected chi connectivity index (χ2v) is 7.26. The number of benzene rings is 2. The third-order valence-electron chi connectivity index (χ3n) is 5.44. The Morgan fingerprint density at radius 3 is 2.33 bits per heavy atom. The van der Waals surface area contributed by atoms with Crippen molar-refractivity contribution in [2.45, 2.75) is 45.7 Å². The first kappa shape index (κ1) is 19.2. The van der Waals surface area contributed by atoms with Crippen molar-refractivity contribution in [3.63, 3.8) is 0 Å². The number of likely N-dealkylation sites (tertiary alicyclic amines) is 1. The molecule has 2 aromatic carbocycles. The largest absolute Gasteiger partial charge is 0.352 e. The van der Waals surface area contributed by atoms with Gasteiger partial charge in [-0.15, -0.1) is 0 Å². The molecule has 27 heavy (non-hydrogen) atoms. The van der Waals surface area contributed by atoms with Crippen molar-refractivity contribution >= 4 is 11.8 Å². The lowest BCUT2D eigenvalue weighted by Gasteiger charge is -2.39. The number of aryl methyl sites for hydroxylation is 1. The standard InChI is InChI=1S/C23H28N2O2/c1-3-18-9-11-20(12-10-18)22-14-13-21(16-25(22)17(2)26)23(27)24-15-19-7-5-4-6-8-19/h4-12,21-22H,3,13-16H2,1-2H3,(H,24,27)/t21-,22-/m1/s1. The first-order valence-electron chi connectivity index (χ1n) is 9.76. The number of carbonyl (C=O) groups is 2. The van der Waals surface area contributed by atoms with Crippen LogP contribution in [0.15, 0.2) is 54.6 Å². The Morgan fingerprint density at radius 2 is 1.70 bits per heavy atom. The quantitative estimate of drug-likeness (QED) is 0.876. The van der Waals surface area contributed by atoms with Gasteiger partial charge in [0.05, 0.1) is 12.0 Å². The maximum absolute atomic E-state index is 12.6. The topological polar surface area (TPSA) is 49.4 Å². The number of carbonyl (C=O) groups excluding carboxylic acids is 2. The molecule has 2 aromatic rings. The minimum absolute atomic E-state index is 0.0279. The minimum atomic E-state index is -0.149. The summed E-state index contributed by atoms with van der Waals surface area (Å²) in [5, 5.41) is 3.02. The van der Waals surface area contributed by atoms with E-state index in [9.17, 15) is 9.59 Å². The van der Waals surface area contributed by atoms with Crippen molar-refractivity contribution in [1.82, 2.24) is 10.2 Å². The molecule has 1 aliphatic rings. The van der Waals surface area contributed by atoms with Crippen LogP contribution < -0.4 is 5.32 Å². The van der Waals surface area contributed by atoms with Gasteiger partial charge in [0.1, 0.15) is 0 Å². The molecule has 0 unspecified atom stereocenters. The first-order valence-corrected chi connectivity index (χ1v) is 9.76. The Morgan fingerprint density at radius 1 is 1.00 bits per heavy atom. The van der Waals surface area contributed by atoms with Gasteiger partial charge in [-0.05, 0) is 36.0 Å². The highest BCUT2D eigenvalue weighted by Crippen LogP contribution is 2.33. The number of hydrogen-bond donors (Lipinski definition) is 1. The van der Waals surface area contributed by atoms with E-state index in [0.717, 1.165) is 30.4 Å². The molecule has 0 spiro atoms. The van der Waals surface area contributed by atoms with Gasteiger partial charge in [-0.1, -0.05) is 61.5 Å². The molecule has 2 atom stereocenters. The summed E-state index contributed by atoms with van der Waals surface area (Å²) in [7, 11) is 0. The number of rotatable bonds is 5. The molecule has 1 heterocycles. The number of nitrogens with zero attached hydrogens (tertiary/aromatic N) is 1. The van der Waals surface area contributed by atoms with E-state index >= 15 is 0 Å². The van der Waals surface area contributed by atoms with Gasteiger partial charge >= 0.3 is 0 Å². The van der Waals surface area contributed by atoms with Crippen molar-refractivity contribution in [3.8, 4) is 0 Å². The summed E-state index contributed by atoms with van der Waals surface area (Å²) in [5.41, 5.74) is 3.53. The monoisotopic (exact) mass is 364 g/mol. The number of hydrogen-bond acceptors (Lipinski definition) is 2. The smallest absolute Gasteiger partial charge is 0.225 e. The molecule has 0 radical (unpaired) electrons. The molecule has 3 rings (SSSR count). The molecule has 1 fully saturated rings. The molecule has 1 saturated heterocycles. The van der Waals surface area contributed by atoms with Crippen LogP contribution in [0, 0.1) is 5.92 Å². The molecule has 4 nitrogen and oxygen atoms in total. The van der Waals surface area contributed by atoms with Crippen molar-refractivity contribution in [2.75, 3.05) is 6.54 Å². The summed E-state index contributed by atoms with van der Waals surface area (Å²) < 4.78 is 0. The summed E-state index contributed by atoms with van der Waals surface area (Å²) in [5.74, 6) is -0.0891. The average molecular weight is 364 g/mol. The SMILES string of the molecule is CCc1ccc([C@H]2CC[C@@H](C(=O)NCc3ccccc3)CN2C(C)=O)cc1. The molecule has 0 aromatic heterocycles. The Kier molecular flexibility index (Phi) is 6.28. The Labute approximate surface area is 161 Å². The van der Waals surface area contributed by atoms with Crippen LogP contribution in [0.5, 0.6) is 0 Å². The van der Waals surface area contributed by atoms with Gasteiger partial charge in [0, 0.05) is 20.0 Å². The zero-order valence-corrected chi connectivity index (χ0v) is 16.2. The Balaban J connectivity index is 1.64. The van der Waals surface area contributed by atoms with Crippen LogP contribution in [-0.2, 0) is 22.6 Å². The first-order chi connectivity index (χ1) is 13.1. The highest BCUT2D eigenvalue weighted by atomic mass is 16.2. The van der Waals surface area contributed by atoms with Crippen LogP contribution in [0.25, 0.3) is 0 Å². The van der Waals surface area contributed by atoms with Gasteiger partial charge in [0.25, 0.3) is 0 Å². The van der Waals surface area contributed by atoms with Gasteiger partial charge < -0.3 is 10.2 Å². The predicted octanol–water partition coefficient (Wildman–Crippen LogP) is 3.87. The molecule has 0 aliphatic carbocycles. The second-order valence-electron chi connectivity index (χ2n) is 7.26. The van der Waals surface area contributed by atoms with E-state index in [1.54, 1.807) is 6.92 Å². The van der Waals surface area contributed by atoms with Gasteiger partial charge in [0.15, 0.2) is 0 Å². The fraction of sp³-hybridized carbons (Fsp3) is 0.391. The Bertz CT molecular complexity index is 771. The number of nitrogens with one attached hydrogen (secondary N) is 1. The third-order valence-corrected chi connectivity index (χ3v) is 5.44. The van der Waals surface area contributed by atoms with Gasteiger partial charge in [-0.3, -0.25) is 9.59 Å². The van der Waals surface area contributed by atoms with Crippen LogP contribution in [0.3, 0.4) is 0 Å². The average Bonchev–Trinajstić information content (AvgIpc) is 2.72. The van der Waals surface area contributed by atoms with E-state index < -0.39 is 0 Å². The van der Waals surface area contributed by atoms with E-state index in [1.807, 2.05) is 35.2 Å². The fourth-order valence-electron chi connectivity index (χ4n) is 3.78. The van der Waals surface area contributed by atoms with Crippen LogP contribution in [0.1, 0.15) is 49.4 Å². The van der Waals surface area contributed by atoms with E-state index in [1.165, 1.54) is 5.56 Å². The number of piperidine rings is 1. The normalized spacial score (nSPS) is 19.6. The summed E-state index contributed by atoms with van der Waals surface area (Å²) in [4.78, 5) is 26.7. The van der Waals surface area contributed by atoms with Gasteiger partial charge in [-0.2, -0.15) is 0 Å². The van der Waals surface area contributed by atoms with E-state index in [-0.39, 0.29) is 23.8 Å². The molecule has 142 valence electrons. The zero-order valence-electron chi connectivity index (χ0n) is 16.2. The molecular formula is C23H28N2O2. The van der Waals surface area contributed by atoms with E-state index in [2.05, 4.69) is 36.5 Å². The van der Waals surface area contributed by atoms with Gasteiger partial charge in [-0.25, -0.2) is 0 Å². The molecule has 1 aliphatic heterocycles. The lowest BCUT2D eigenvalue weighted by Crippen LogP contribution is -2.46. The Hall–Kier alpha value is -2.62. The highest BCUT2D eigenvalue weighted by Gasteiger charge is 2.34. The molecular weight excluding hydrogens is 336 g/mol. The molecule has 2 amide bonds. The van der Waals surface area contributed by atoms with E-state index in [0.29, 0.717) is 13.1 Å². The molecule has 4 heteroatoms. The van der Waals surface area contributed by atoms with Crippen molar-refractivity contribution in [1.29, 1.82) is 0 Å². The zero-order chi connectivity index (χ0) is 19.2. The minimum Gasteiger partial charge on any atom is -0.352 e. The van der Waals surface area contributed by atoms with Crippen molar-refractivity contribution < 1.29 is 9.59 Å². The van der Waals surface area contributed by atoms with Crippen LogP contribution in [0.2, 0.25) is 0 Å². The van der Waals surface area contributed by atoms with Crippen LogP contribution in [0.4, 0.5) is 0 Å². The van der Waals surface area contributed by atoms with E-state index in [4.69, 9.17) is 0 Å². The van der Waals surface area contributed by atoms with Crippen LogP contribution >= 0.6 is 0 Å². The molecule has 1 N–H and O–H groups in total. The molecule has 0 bridgehead atoms.